The quantitative estimate of drug-likeness (QED) is 0.312. The maximum absolute atomic E-state index is 12.5. The zero-order valence-electron chi connectivity index (χ0n) is 15.7. The minimum Gasteiger partial charge on any atom is -0.445 e. The number of rotatable bonds is 7. The van der Waals surface area contributed by atoms with Gasteiger partial charge in [0.2, 0.25) is 5.91 Å². The van der Waals surface area contributed by atoms with E-state index in [0.717, 1.165) is 6.42 Å². The molecule has 1 aromatic rings. The lowest BCUT2D eigenvalue weighted by Gasteiger charge is -2.23. The van der Waals surface area contributed by atoms with E-state index in [1.807, 2.05) is 0 Å². The van der Waals surface area contributed by atoms with Gasteiger partial charge in [-0.15, -0.1) is 11.8 Å². The molecule has 1 fully saturated rings. The van der Waals surface area contributed by atoms with E-state index < -0.39 is 11.0 Å². The number of carbonyl (C=O) groups is 2. The normalized spacial score (nSPS) is 19.0. The first-order chi connectivity index (χ1) is 13.3. The summed E-state index contributed by atoms with van der Waals surface area (Å²) in [5.74, 6) is 0.548. The molecular weight excluding hydrogens is 402 g/mol. The molecule has 0 aromatic heterocycles. The number of thiol groups is 1. The van der Waals surface area contributed by atoms with Crippen LogP contribution in [0.2, 0.25) is 0 Å². The summed E-state index contributed by atoms with van der Waals surface area (Å²) in [6, 6.07) is 5.86. The van der Waals surface area contributed by atoms with Crippen LogP contribution in [0.4, 0.5) is 10.5 Å². The second kappa shape index (κ2) is 10.4. The van der Waals surface area contributed by atoms with Gasteiger partial charge in [-0.2, -0.15) is 12.6 Å². The number of non-ortho nitro benzene ring substituents is 1. The predicted octanol–water partition coefficient (Wildman–Crippen LogP) is 2.94. The Bertz CT molecular complexity index is 739. The molecule has 8 nitrogen and oxygen atoms in total. The fourth-order valence-corrected chi connectivity index (χ4v) is 3.92. The number of nitro groups is 1. The number of amides is 2. The second-order valence-electron chi connectivity index (χ2n) is 6.54. The van der Waals surface area contributed by atoms with Gasteiger partial charge in [-0.1, -0.05) is 0 Å². The van der Waals surface area contributed by atoms with Crippen molar-refractivity contribution in [3.8, 4) is 0 Å². The summed E-state index contributed by atoms with van der Waals surface area (Å²) in [6.45, 7) is 0.537. The average molecular weight is 426 g/mol. The Labute approximate surface area is 173 Å². The summed E-state index contributed by atoms with van der Waals surface area (Å²) in [5.41, 5.74) is 0.669. The lowest BCUT2D eigenvalue weighted by molar-refractivity contribution is -0.384. The molecule has 2 rings (SSSR count). The zero-order valence-corrected chi connectivity index (χ0v) is 17.4. The van der Waals surface area contributed by atoms with Crippen LogP contribution in [-0.4, -0.2) is 64.4 Å². The maximum atomic E-state index is 12.5. The molecule has 2 amide bonds. The van der Waals surface area contributed by atoms with Crippen molar-refractivity contribution in [2.75, 3.05) is 26.4 Å². The molecular formula is C18H23N3O5S2. The van der Waals surface area contributed by atoms with Crippen LogP contribution in [0.3, 0.4) is 0 Å². The Morgan fingerprint density at radius 1 is 1.39 bits per heavy atom. The third-order valence-corrected chi connectivity index (χ3v) is 5.45. The molecule has 0 N–H and O–H groups in total. The van der Waals surface area contributed by atoms with Crippen molar-refractivity contribution in [2.45, 2.75) is 24.3 Å². The number of thioether (sulfide) groups is 1. The highest BCUT2D eigenvalue weighted by Gasteiger charge is 2.34. The van der Waals surface area contributed by atoms with Gasteiger partial charge in [0.25, 0.3) is 5.69 Å². The molecule has 0 unspecified atom stereocenters. The number of benzene rings is 1. The molecule has 0 bridgehead atoms. The molecule has 1 heterocycles. The van der Waals surface area contributed by atoms with Crippen molar-refractivity contribution in [3.05, 3.63) is 51.4 Å². The molecule has 1 aromatic carbocycles. The third-order valence-electron chi connectivity index (χ3n) is 4.17. The van der Waals surface area contributed by atoms with E-state index in [1.165, 1.54) is 34.9 Å². The van der Waals surface area contributed by atoms with Crippen molar-refractivity contribution in [1.29, 1.82) is 0 Å². The minimum absolute atomic E-state index is 0.00886. The Balaban J connectivity index is 1.86. The lowest BCUT2D eigenvalue weighted by Crippen LogP contribution is -2.37. The van der Waals surface area contributed by atoms with Crippen molar-refractivity contribution in [2.24, 2.45) is 0 Å². The summed E-state index contributed by atoms with van der Waals surface area (Å²) >= 11 is 5.94. The smallest absolute Gasteiger partial charge is 0.410 e. The first-order valence-electron chi connectivity index (χ1n) is 8.62. The highest BCUT2D eigenvalue weighted by atomic mass is 32.2. The van der Waals surface area contributed by atoms with E-state index in [-0.39, 0.29) is 29.5 Å². The lowest BCUT2D eigenvalue weighted by atomic mass is 10.2. The van der Waals surface area contributed by atoms with Crippen LogP contribution >= 0.6 is 24.4 Å². The molecule has 0 aliphatic carbocycles. The number of likely N-dealkylation sites (N-methyl/N-ethyl adjacent to an activating group) is 1. The van der Waals surface area contributed by atoms with Gasteiger partial charge in [0.1, 0.15) is 6.61 Å². The van der Waals surface area contributed by atoms with Gasteiger partial charge in [0.05, 0.1) is 4.92 Å². The Morgan fingerprint density at radius 3 is 2.68 bits per heavy atom. The van der Waals surface area contributed by atoms with Gasteiger partial charge in [-0.05, 0) is 29.5 Å². The first kappa shape index (κ1) is 22.1. The highest BCUT2D eigenvalue weighted by molar-refractivity contribution is 8.02. The Kier molecular flexibility index (Phi) is 8.18. The minimum atomic E-state index is -0.477. The van der Waals surface area contributed by atoms with E-state index >= 15 is 0 Å². The number of nitro benzene ring substituents is 1. The number of carbonyl (C=O) groups excluding carboxylic acids is 2. The summed E-state index contributed by atoms with van der Waals surface area (Å²) in [4.78, 5) is 37.3. The summed E-state index contributed by atoms with van der Waals surface area (Å²) in [6.07, 6.45) is 1.81. The molecule has 10 heteroatoms. The van der Waals surface area contributed by atoms with Crippen molar-refractivity contribution in [3.63, 3.8) is 0 Å². The van der Waals surface area contributed by atoms with Crippen molar-refractivity contribution >= 4 is 42.1 Å². The number of ether oxygens (including phenoxy) is 1. The summed E-state index contributed by atoms with van der Waals surface area (Å²) in [7, 11) is 3.37. The predicted molar refractivity (Wildman–Crippen MR) is 111 cm³/mol. The van der Waals surface area contributed by atoms with Crippen LogP contribution in [0.5, 0.6) is 0 Å². The topological polar surface area (TPSA) is 93.0 Å². The molecule has 0 saturated carbocycles. The second-order valence-corrected chi connectivity index (χ2v) is 8.21. The standard InChI is InChI=1S/C18H23N3O5S2/c1-19(2)17(22)7-8-28-12-15-9-16(27)10-20(15)18(23)26-11-13-3-5-14(6-4-13)21(24)25/h3-8,15-16,27H,9-12H2,1-2H3/b8-7+/t15-,16-/m0/s1. The Morgan fingerprint density at radius 2 is 2.07 bits per heavy atom. The number of hydrogen-bond acceptors (Lipinski definition) is 7. The molecule has 0 radical (unpaired) electrons. The molecule has 0 spiro atoms. The molecule has 1 saturated heterocycles. The fraction of sp³-hybridized carbons (Fsp3) is 0.444. The van der Waals surface area contributed by atoms with Crippen LogP contribution in [0.1, 0.15) is 12.0 Å². The van der Waals surface area contributed by atoms with Crippen LogP contribution < -0.4 is 0 Å². The maximum Gasteiger partial charge on any atom is 0.410 e. The van der Waals surface area contributed by atoms with Crippen LogP contribution in [0, 0.1) is 10.1 Å². The van der Waals surface area contributed by atoms with E-state index in [1.54, 1.807) is 36.5 Å². The number of likely N-dealkylation sites (tertiary alicyclic amines) is 1. The largest absolute Gasteiger partial charge is 0.445 e. The molecule has 1 aliphatic rings. The van der Waals surface area contributed by atoms with Crippen molar-refractivity contribution in [1.82, 2.24) is 9.80 Å². The van der Waals surface area contributed by atoms with Crippen LogP contribution in [0.15, 0.2) is 35.7 Å². The SMILES string of the molecule is CN(C)C(=O)/C=C/SC[C@@H]1C[C@H](S)CN1C(=O)OCc1ccc([N+](=O)[O-])cc1. The van der Waals surface area contributed by atoms with Gasteiger partial charge in [-0.25, -0.2) is 4.79 Å². The van der Waals surface area contributed by atoms with E-state index in [0.29, 0.717) is 17.9 Å². The number of hydrogen-bond donors (Lipinski definition) is 1. The van der Waals surface area contributed by atoms with Gasteiger partial charge < -0.3 is 14.5 Å². The van der Waals surface area contributed by atoms with Gasteiger partial charge in [-0.3, -0.25) is 14.9 Å². The van der Waals surface area contributed by atoms with Crippen LogP contribution in [-0.2, 0) is 16.1 Å². The highest BCUT2D eigenvalue weighted by Crippen LogP contribution is 2.26. The third kappa shape index (κ3) is 6.45. The monoisotopic (exact) mass is 425 g/mol. The molecule has 28 heavy (non-hydrogen) atoms. The first-order valence-corrected chi connectivity index (χ1v) is 10.2. The number of nitrogens with zero attached hydrogens (tertiary/aromatic N) is 3. The van der Waals surface area contributed by atoms with Gasteiger partial charge >= 0.3 is 6.09 Å². The van der Waals surface area contributed by atoms with Gasteiger partial charge in [0, 0.05) is 55.9 Å². The average Bonchev–Trinajstić information content (AvgIpc) is 3.04. The van der Waals surface area contributed by atoms with Crippen LogP contribution in [0.25, 0.3) is 0 Å². The van der Waals surface area contributed by atoms with Gasteiger partial charge in [0.15, 0.2) is 0 Å². The summed E-state index contributed by atoms with van der Waals surface area (Å²) in [5, 5.41) is 12.5. The molecule has 2 atom stereocenters. The summed E-state index contributed by atoms with van der Waals surface area (Å²) < 4.78 is 5.36. The van der Waals surface area contributed by atoms with E-state index in [2.05, 4.69) is 12.6 Å². The van der Waals surface area contributed by atoms with Crippen molar-refractivity contribution < 1.29 is 19.2 Å². The van der Waals surface area contributed by atoms with E-state index in [4.69, 9.17) is 4.74 Å². The molecule has 152 valence electrons. The fourth-order valence-electron chi connectivity index (χ4n) is 2.64. The zero-order chi connectivity index (χ0) is 20.7. The Hall–Kier alpha value is -2.20. The van der Waals surface area contributed by atoms with E-state index in [9.17, 15) is 19.7 Å². The molecule has 1 aliphatic heterocycles.